The third-order valence-corrected chi connectivity index (χ3v) is 5.88. The quantitative estimate of drug-likeness (QED) is 0.495. The van der Waals surface area contributed by atoms with Crippen molar-refractivity contribution in [3.8, 4) is 5.75 Å². The summed E-state index contributed by atoms with van der Waals surface area (Å²) in [6, 6.07) is 17.0. The predicted octanol–water partition coefficient (Wildman–Crippen LogP) is 3.10. The highest BCUT2D eigenvalue weighted by molar-refractivity contribution is 7.92. The number of nitrogens with one attached hydrogen (secondary N) is 2. The van der Waals surface area contributed by atoms with Crippen LogP contribution in [0.2, 0.25) is 0 Å². The van der Waals surface area contributed by atoms with E-state index in [9.17, 15) is 22.7 Å². The fourth-order valence-corrected chi connectivity index (χ4v) is 3.81. The minimum atomic E-state index is -3.89. The van der Waals surface area contributed by atoms with Gasteiger partial charge >= 0.3 is 0 Å². The zero-order valence-corrected chi connectivity index (χ0v) is 17.4. The van der Waals surface area contributed by atoms with Crippen LogP contribution in [0.15, 0.2) is 77.7 Å². The van der Waals surface area contributed by atoms with Crippen LogP contribution in [-0.2, 0) is 10.0 Å². The molecule has 0 aliphatic carbocycles. The molecule has 3 aromatic rings. The van der Waals surface area contributed by atoms with Crippen molar-refractivity contribution in [2.24, 2.45) is 0 Å². The number of methoxy groups -OCH3 is 1. The van der Waals surface area contributed by atoms with E-state index in [1.54, 1.807) is 31.4 Å². The minimum absolute atomic E-state index is 0.0165. The third-order valence-electron chi connectivity index (χ3n) is 4.48. The van der Waals surface area contributed by atoms with E-state index >= 15 is 0 Å². The zero-order valence-electron chi connectivity index (χ0n) is 16.6. The number of halogens is 1. The van der Waals surface area contributed by atoms with Gasteiger partial charge in [0.2, 0.25) is 0 Å². The van der Waals surface area contributed by atoms with Crippen molar-refractivity contribution in [1.29, 1.82) is 0 Å². The standard InChI is InChI=1S/C22H21FN2O5S/c1-30-19-10-2-15(3-11-19)21(26)14-24-22(27)16-4-12-20(13-5-16)31(28,29)25-18-8-6-17(23)7-9-18/h2-13,21,25-26H,14H2,1H3,(H,24,27). The van der Waals surface area contributed by atoms with Crippen molar-refractivity contribution in [2.75, 3.05) is 18.4 Å². The summed E-state index contributed by atoms with van der Waals surface area (Å²) in [5.74, 6) is -0.276. The first kappa shape index (κ1) is 22.3. The highest BCUT2D eigenvalue weighted by Gasteiger charge is 2.16. The lowest BCUT2D eigenvalue weighted by atomic mass is 10.1. The van der Waals surface area contributed by atoms with Crippen molar-refractivity contribution >= 4 is 21.6 Å². The molecule has 0 radical (unpaired) electrons. The number of carbonyl (C=O) groups is 1. The van der Waals surface area contributed by atoms with Crippen molar-refractivity contribution in [1.82, 2.24) is 5.32 Å². The molecule has 1 atom stereocenters. The number of amides is 1. The number of benzene rings is 3. The lowest BCUT2D eigenvalue weighted by molar-refractivity contribution is 0.0916. The fraction of sp³-hybridized carbons (Fsp3) is 0.136. The van der Waals surface area contributed by atoms with Gasteiger partial charge < -0.3 is 15.2 Å². The van der Waals surface area contributed by atoms with Gasteiger partial charge in [0, 0.05) is 17.8 Å². The van der Waals surface area contributed by atoms with E-state index < -0.39 is 27.9 Å². The number of rotatable bonds is 8. The molecule has 0 aliphatic rings. The van der Waals surface area contributed by atoms with Gasteiger partial charge in [0.1, 0.15) is 11.6 Å². The van der Waals surface area contributed by atoms with Crippen LogP contribution in [0.3, 0.4) is 0 Å². The Morgan fingerprint density at radius 2 is 1.61 bits per heavy atom. The van der Waals surface area contributed by atoms with Crippen LogP contribution in [0.1, 0.15) is 22.0 Å². The zero-order chi connectivity index (χ0) is 22.4. The van der Waals surface area contributed by atoms with Crippen LogP contribution < -0.4 is 14.8 Å². The molecule has 0 saturated heterocycles. The van der Waals surface area contributed by atoms with Crippen LogP contribution in [0.25, 0.3) is 0 Å². The number of hydrogen-bond donors (Lipinski definition) is 3. The molecule has 3 rings (SSSR count). The molecule has 162 valence electrons. The Morgan fingerprint density at radius 1 is 1.00 bits per heavy atom. The summed E-state index contributed by atoms with van der Waals surface area (Å²) in [6.45, 7) is -0.0165. The van der Waals surface area contributed by atoms with Gasteiger partial charge in [-0.1, -0.05) is 12.1 Å². The molecule has 9 heteroatoms. The van der Waals surface area contributed by atoms with Gasteiger partial charge in [0.15, 0.2) is 0 Å². The Hall–Kier alpha value is -3.43. The summed E-state index contributed by atoms with van der Waals surface area (Å²) in [7, 11) is -2.35. The number of hydrogen-bond acceptors (Lipinski definition) is 5. The molecule has 0 aliphatic heterocycles. The van der Waals surface area contributed by atoms with Gasteiger partial charge in [0.05, 0.1) is 18.1 Å². The van der Waals surface area contributed by atoms with Crippen LogP contribution in [0.4, 0.5) is 10.1 Å². The lowest BCUT2D eigenvalue weighted by Crippen LogP contribution is -2.28. The molecule has 7 nitrogen and oxygen atoms in total. The van der Waals surface area contributed by atoms with Gasteiger partial charge in [-0.3, -0.25) is 9.52 Å². The van der Waals surface area contributed by atoms with Crippen molar-refractivity contribution < 1.29 is 27.4 Å². The lowest BCUT2D eigenvalue weighted by Gasteiger charge is -2.13. The summed E-state index contributed by atoms with van der Waals surface area (Å²) in [4.78, 5) is 12.3. The predicted molar refractivity (Wildman–Crippen MR) is 114 cm³/mol. The molecular weight excluding hydrogens is 423 g/mol. The maximum Gasteiger partial charge on any atom is 0.261 e. The van der Waals surface area contributed by atoms with E-state index in [2.05, 4.69) is 10.0 Å². The number of sulfonamides is 1. The number of anilines is 1. The molecule has 3 N–H and O–H groups in total. The molecule has 1 unspecified atom stereocenters. The second kappa shape index (κ2) is 9.59. The Balaban J connectivity index is 1.60. The first-order valence-corrected chi connectivity index (χ1v) is 10.8. The summed E-state index contributed by atoms with van der Waals surface area (Å²) < 4.78 is 45.2. The van der Waals surface area contributed by atoms with Gasteiger partial charge in [-0.15, -0.1) is 0 Å². The topological polar surface area (TPSA) is 105 Å². The van der Waals surface area contributed by atoms with Gasteiger partial charge in [-0.25, -0.2) is 12.8 Å². The Morgan fingerprint density at radius 3 is 2.19 bits per heavy atom. The van der Waals surface area contributed by atoms with E-state index in [0.29, 0.717) is 11.3 Å². The summed E-state index contributed by atoms with van der Waals surface area (Å²) in [6.07, 6.45) is -0.908. The minimum Gasteiger partial charge on any atom is -0.497 e. The Bertz CT molecular complexity index is 1130. The molecule has 0 spiro atoms. The van der Waals surface area contributed by atoms with Crippen LogP contribution >= 0.6 is 0 Å². The van der Waals surface area contributed by atoms with Gasteiger partial charge in [-0.2, -0.15) is 0 Å². The summed E-state index contributed by atoms with van der Waals surface area (Å²) >= 11 is 0. The van der Waals surface area contributed by atoms with E-state index in [1.165, 1.54) is 36.4 Å². The molecule has 0 bridgehead atoms. The van der Waals surface area contributed by atoms with E-state index in [-0.39, 0.29) is 22.7 Å². The maximum absolute atomic E-state index is 13.0. The molecule has 3 aromatic carbocycles. The van der Waals surface area contributed by atoms with Crippen molar-refractivity contribution in [2.45, 2.75) is 11.0 Å². The van der Waals surface area contributed by atoms with Crippen LogP contribution in [0.5, 0.6) is 5.75 Å². The molecule has 0 heterocycles. The molecule has 0 fully saturated rings. The molecule has 0 aromatic heterocycles. The fourth-order valence-electron chi connectivity index (χ4n) is 2.75. The van der Waals surface area contributed by atoms with E-state index in [0.717, 1.165) is 12.1 Å². The Kier molecular flexibility index (Phi) is 6.88. The van der Waals surface area contributed by atoms with E-state index in [1.807, 2.05) is 0 Å². The molecule has 31 heavy (non-hydrogen) atoms. The number of ether oxygens (including phenoxy) is 1. The summed E-state index contributed by atoms with van der Waals surface area (Å²) in [5, 5.41) is 12.8. The van der Waals surface area contributed by atoms with Crippen molar-refractivity contribution in [3.05, 3.63) is 89.7 Å². The van der Waals surface area contributed by atoms with Crippen molar-refractivity contribution in [3.63, 3.8) is 0 Å². The highest BCUT2D eigenvalue weighted by atomic mass is 32.2. The summed E-state index contributed by atoms with van der Waals surface area (Å²) in [5.41, 5.74) is 1.08. The largest absolute Gasteiger partial charge is 0.497 e. The highest BCUT2D eigenvalue weighted by Crippen LogP contribution is 2.19. The maximum atomic E-state index is 13.0. The normalized spacial score (nSPS) is 12.1. The average Bonchev–Trinajstić information content (AvgIpc) is 2.78. The molecular formula is C22H21FN2O5S. The molecule has 0 saturated carbocycles. The first-order valence-electron chi connectivity index (χ1n) is 9.27. The average molecular weight is 444 g/mol. The number of aliphatic hydroxyl groups excluding tert-OH is 1. The number of aliphatic hydroxyl groups is 1. The third kappa shape index (κ3) is 5.80. The second-order valence-electron chi connectivity index (χ2n) is 6.64. The second-order valence-corrected chi connectivity index (χ2v) is 8.32. The van der Waals surface area contributed by atoms with E-state index in [4.69, 9.17) is 4.74 Å². The molecule has 1 amide bonds. The monoisotopic (exact) mass is 444 g/mol. The first-order chi connectivity index (χ1) is 14.8. The van der Waals surface area contributed by atoms with Crippen LogP contribution in [0, 0.1) is 5.82 Å². The smallest absolute Gasteiger partial charge is 0.261 e. The van der Waals surface area contributed by atoms with Gasteiger partial charge in [-0.05, 0) is 66.2 Å². The van der Waals surface area contributed by atoms with Gasteiger partial charge in [0.25, 0.3) is 15.9 Å². The SMILES string of the molecule is COc1ccc(C(O)CNC(=O)c2ccc(S(=O)(=O)Nc3ccc(F)cc3)cc2)cc1. The van der Waals surface area contributed by atoms with Crippen LogP contribution in [-0.4, -0.2) is 33.1 Å². The number of carbonyl (C=O) groups excluding carboxylic acids is 1. The Labute approximate surface area is 179 Å².